The Balaban J connectivity index is 2.06. The second-order valence-electron chi connectivity index (χ2n) is 4.26. The van der Waals surface area contributed by atoms with E-state index in [9.17, 15) is 14.9 Å². The van der Waals surface area contributed by atoms with E-state index in [0.717, 1.165) is 5.69 Å². The van der Waals surface area contributed by atoms with Crippen LogP contribution in [0, 0.1) is 17.0 Å². The van der Waals surface area contributed by atoms with Gasteiger partial charge in [0.1, 0.15) is 0 Å². The van der Waals surface area contributed by atoms with Crippen molar-refractivity contribution >= 4 is 11.6 Å². The standard InChI is InChI=1S/C14H13N3O3/c1-10-8-11(5-6-13(10)17(19)20)14(18)16-9-12-4-2-3-7-15-12/h2-8H,9H2,1H3,(H,16,18). The number of carbonyl (C=O) groups excluding carboxylic acids is 1. The number of nitro benzene ring substituents is 1. The number of nitrogens with zero attached hydrogens (tertiary/aromatic N) is 2. The number of benzene rings is 1. The number of aryl methyl sites for hydroxylation is 1. The first-order chi connectivity index (χ1) is 9.58. The molecule has 0 radical (unpaired) electrons. The summed E-state index contributed by atoms with van der Waals surface area (Å²) in [5.74, 6) is -0.284. The van der Waals surface area contributed by atoms with Crippen LogP contribution in [0.4, 0.5) is 5.69 Å². The SMILES string of the molecule is Cc1cc(C(=O)NCc2ccccn2)ccc1[N+](=O)[O-]. The molecule has 102 valence electrons. The Morgan fingerprint density at radius 2 is 2.15 bits per heavy atom. The number of pyridine rings is 1. The third kappa shape index (κ3) is 3.17. The third-order valence-electron chi connectivity index (χ3n) is 2.81. The first-order valence-corrected chi connectivity index (χ1v) is 6.01. The van der Waals surface area contributed by atoms with Gasteiger partial charge in [-0.2, -0.15) is 0 Å². The predicted molar refractivity (Wildman–Crippen MR) is 73.2 cm³/mol. The van der Waals surface area contributed by atoms with Crippen LogP contribution in [0.3, 0.4) is 0 Å². The summed E-state index contributed by atoms with van der Waals surface area (Å²) in [7, 11) is 0. The minimum atomic E-state index is -0.467. The van der Waals surface area contributed by atoms with Gasteiger partial charge in [-0.1, -0.05) is 6.07 Å². The highest BCUT2D eigenvalue weighted by atomic mass is 16.6. The largest absolute Gasteiger partial charge is 0.346 e. The van der Waals surface area contributed by atoms with Gasteiger partial charge in [-0.25, -0.2) is 0 Å². The lowest BCUT2D eigenvalue weighted by Gasteiger charge is -2.05. The van der Waals surface area contributed by atoms with Gasteiger partial charge in [0.15, 0.2) is 0 Å². The van der Waals surface area contributed by atoms with Gasteiger partial charge in [-0.15, -0.1) is 0 Å². The molecule has 0 spiro atoms. The molecule has 0 aliphatic rings. The number of carbonyl (C=O) groups is 1. The Labute approximate surface area is 115 Å². The summed E-state index contributed by atoms with van der Waals surface area (Å²) in [6, 6.07) is 9.73. The maximum absolute atomic E-state index is 11.9. The molecule has 0 saturated carbocycles. The molecular formula is C14H13N3O3. The second-order valence-corrected chi connectivity index (χ2v) is 4.26. The van der Waals surface area contributed by atoms with Gasteiger partial charge >= 0.3 is 0 Å². The van der Waals surface area contributed by atoms with E-state index >= 15 is 0 Å². The predicted octanol–water partition coefficient (Wildman–Crippen LogP) is 2.23. The zero-order valence-electron chi connectivity index (χ0n) is 10.9. The summed E-state index contributed by atoms with van der Waals surface area (Å²) in [6.45, 7) is 1.92. The smallest absolute Gasteiger partial charge is 0.272 e. The molecule has 0 aliphatic heterocycles. The van der Waals surface area contributed by atoms with E-state index in [1.807, 2.05) is 6.07 Å². The van der Waals surface area contributed by atoms with E-state index in [0.29, 0.717) is 17.7 Å². The van der Waals surface area contributed by atoms with Crippen LogP contribution in [0.5, 0.6) is 0 Å². The van der Waals surface area contributed by atoms with Crippen LogP contribution in [-0.4, -0.2) is 15.8 Å². The van der Waals surface area contributed by atoms with Gasteiger partial charge in [0.25, 0.3) is 11.6 Å². The molecule has 1 heterocycles. The Bertz CT molecular complexity index is 641. The molecule has 0 bridgehead atoms. The van der Waals surface area contributed by atoms with Crippen molar-refractivity contribution in [2.75, 3.05) is 0 Å². The lowest BCUT2D eigenvalue weighted by Crippen LogP contribution is -2.23. The number of amides is 1. The monoisotopic (exact) mass is 271 g/mol. The summed E-state index contributed by atoms with van der Waals surface area (Å²) in [6.07, 6.45) is 1.65. The van der Waals surface area contributed by atoms with E-state index in [4.69, 9.17) is 0 Å². The summed E-state index contributed by atoms with van der Waals surface area (Å²) < 4.78 is 0. The van der Waals surface area contributed by atoms with Gasteiger partial charge in [-0.3, -0.25) is 19.9 Å². The summed E-state index contributed by atoms with van der Waals surface area (Å²) in [4.78, 5) is 26.3. The van der Waals surface area contributed by atoms with Crippen molar-refractivity contribution in [1.29, 1.82) is 0 Å². The molecular weight excluding hydrogens is 258 g/mol. The zero-order chi connectivity index (χ0) is 14.5. The van der Waals surface area contributed by atoms with Crippen LogP contribution in [0.2, 0.25) is 0 Å². The highest BCUT2D eigenvalue weighted by molar-refractivity contribution is 5.94. The lowest BCUT2D eigenvalue weighted by atomic mass is 10.1. The van der Waals surface area contributed by atoms with Crippen LogP contribution in [0.15, 0.2) is 42.6 Å². The molecule has 1 amide bonds. The van der Waals surface area contributed by atoms with Crippen LogP contribution in [-0.2, 0) is 6.54 Å². The lowest BCUT2D eigenvalue weighted by molar-refractivity contribution is -0.385. The Kier molecular flexibility index (Phi) is 4.05. The fraction of sp³-hybridized carbons (Fsp3) is 0.143. The Morgan fingerprint density at radius 3 is 2.75 bits per heavy atom. The van der Waals surface area contributed by atoms with Crippen molar-refractivity contribution in [3.8, 4) is 0 Å². The highest BCUT2D eigenvalue weighted by Gasteiger charge is 2.13. The molecule has 6 nitrogen and oxygen atoms in total. The third-order valence-corrected chi connectivity index (χ3v) is 2.81. The molecule has 0 unspecified atom stereocenters. The first kappa shape index (κ1) is 13.7. The zero-order valence-corrected chi connectivity index (χ0v) is 10.9. The molecule has 1 aromatic carbocycles. The fourth-order valence-electron chi connectivity index (χ4n) is 1.78. The van der Waals surface area contributed by atoms with Crippen LogP contribution in [0.1, 0.15) is 21.6 Å². The summed E-state index contributed by atoms with van der Waals surface area (Å²) in [5.41, 5.74) is 1.61. The van der Waals surface area contributed by atoms with E-state index in [1.54, 1.807) is 25.3 Å². The number of aromatic nitrogens is 1. The van der Waals surface area contributed by atoms with Crippen molar-refractivity contribution in [2.24, 2.45) is 0 Å². The summed E-state index contributed by atoms with van der Waals surface area (Å²) in [5, 5.41) is 13.4. The maximum atomic E-state index is 11.9. The molecule has 1 N–H and O–H groups in total. The maximum Gasteiger partial charge on any atom is 0.272 e. The molecule has 0 fully saturated rings. The normalized spacial score (nSPS) is 10.1. The molecule has 0 atom stereocenters. The molecule has 0 saturated heterocycles. The van der Waals surface area contributed by atoms with Crippen LogP contribution < -0.4 is 5.32 Å². The topological polar surface area (TPSA) is 85.1 Å². The van der Waals surface area contributed by atoms with E-state index in [1.165, 1.54) is 18.2 Å². The molecule has 1 aromatic heterocycles. The van der Waals surface area contributed by atoms with Gasteiger partial charge < -0.3 is 5.32 Å². The number of hydrogen-bond donors (Lipinski definition) is 1. The van der Waals surface area contributed by atoms with Crippen molar-refractivity contribution < 1.29 is 9.72 Å². The van der Waals surface area contributed by atoms with Gasteiger partial charge in [0.2, 0.25) is 0 Å². The molecule has 0 aliphatic carbocycles. The average Bonchev–Trinajstić information content (AvgIpc) is 2.45. The average molecular weight is 271 g/mol. The van der Waals surface area contributed by atoms with Crippen LogP contribution >= 0.6 is 0 Å². The van der Waals surface area contributed by atoms with E-state index < -0.39 is 4.92 Å². The number of rotatable bonds is 4. The van der Waals surface area contributed by atoms with Crippen molar-refractivity contribution in [1.82, 2.24) is 10.3 Å². The molecule has 6 heteroatoms. The van der Waals surface area contributed by atoms with Crippen molar-refractivity contribution in [2.45, 2.75) is 13.5 Å². The minimum Gasteiger partial charge on any atom is -0.346 e. The number of nitro groups is 1. The Morgan fingerprint density at radius 1 is 1.35 bits per heavy atom. The van der Waals surface area contributed by atoms with Crippen molar-refractivity contribution in [3.05, 3.63) is 69.5 Å². The van der Waals surface area contributed by atoms with Gasteiger partial charge in [0.05, 0.1) is 17.2 Å². The van der Waals surface area contributed by atoms with Gasteiger partial charge in [0, 0.05) is 23.4 Å². The van der Waals surface area contributed by atoms with Crippen molar-refractivity contribution in [3.63, 3.8) is 0 Å². The van der Waals surface area contributed by atoms with E-state index in [2.05, 4.69) is 10.3 Å². The Hall–Kier alpha value is -2.76. The fourth-order valence-corrected chi connectivity index (χ4v) is 1.78. The number of nitrogens with one attached hydrogen (secondary N) is 1. The molecule has 2 rings (SSSR count). The highest BCUT2D eigenvalue weighted by Crippen LogP contribution is 2.18. The number of hydrogen-bond acceptors (Lipinski definition) is 4. The molecule has 2 aromatic rings. The minimum absolute atomic E-state index is 0.00581. The summed E-state index contributed by atoms with van der Waals surface area (Å²) >= 11 is 0. The van der Waals surface area contributed by atoms with E-state index in [-0.39, 0.29) is 11.6 Å². The van der Waals surface area contributed by atoms with Gasteiger partial charge in [-0.05, 0) is 31.2 Å². The molecule has 20 heavy (non-hydrogen) atoms. The first-order valence-electron chi connectivity index (χ1n) is 6.01. The quantitative estimate of drug-likeness (QED) is 0.682. The van der Waals surface area contributed by atoms with Crippen LogP contribution in [0.25, 0.3) is 0 Å². The second kappa shape index (κ2) is 5.92.